The van der Waals surface area contributed by atoms with E-state index >= 15 is 0 Å². The first-order valence-electron chi connectivity index (χ1n) is 8.13. The number of nitrogens with two attached hydrogens (primary N) is 1. The predicted molar refractivity (Wildman–Crippen MR) is 79.9 cm³/mol. The van der Waals surface area contributed by atoms with Crippen LogP contribution in [-0.4, -0.2) is 41.8 Å². The Balaban J connectivity index is 1.84. The predicted octanol–water partition coefficient (Wildman–Crippen LogP) is 2.09. The number of hydrogen-bond acceptors (Lipinski definition) is 3. The Morgan fingerprint density at radius 1 is 1.16 bits per heavy atom. The number of nitrogens with zero attached hydrogens (tertiary/aromatic N) is 1. The summed E-state index contributed by atoms with van der Waals surface area (Å²) < 4.78 is 0. The molecule has 1 saturated heterocycles. The summed E-state index contributed by atoms with van der Waals surface area (Å²) >= 11 is 0. The van der Waals surface area contributed by atoms with Crippen LogP contribution in [0.5, 0.6) is 0 Å². The first-order chi connectivity index (χ1) is 8.97. The average molecular weight is 268 g/mol. The molecule has 3 heteroatoms. The fourth-order valence-corrected chi connectivity index (χ4v) is 3.89. The smallest absolute Gasteiger partial charge is 0.0552 e. The van der Waals surface area contributed by atoms with Gasteiger partial charge in [-0.25, -0.2) is 0 Å². The van der Waals surface area contributed by atoms with E-state index in [2.05, 4.69) is 18.7 Å². The standard InChI is InChI=1S/C16H32N2O/c1-11(2)13-4-5-16(17)15(8-13)10-18-7-6-14(9-18)12(3)19/h11-16,19H,4-10,17H2,1-3H3. The van der Waals surface area contributed by atoms with E-state index in [4.69, 9.17) is 5.73 Å². The molecule has 112 valence electrons. The molecule has 1 saturated carbocycles. The van der Waals surface area contributed by atoms with Gasteiger partial charge in [-0.05, 0) is 62.8 Å². The molecule has 5 unspecified atom stereocenters. The van der Waals surface area contributed by atoms with Crippen molar-refractivity contribution in [2.75, 3.05) is 19.6 Å². The second-order valence-corrected chi connectivity index (χ2v) is 7.29. The molecular weight excluding hydrogens is 236 g/mol. The SMILES string of the molecule is CC(C)C1CCC(N)C(CN2CCC(C(C)O)C2)C1. The van der Waals surface area contributed by atoms with Crippen LogP contribution in [0.15, 0.2) is 0 Å². The zero-order valence-corrected chi connectivity index (χ0v) is 12.9. The minimum atomic E-state index is -0.159. The third kappa shape index (κ3) is 3.93. The van der Waals surface area contributed by atoms with Gasteiger partial charge in [0.2, 0.25) is 0 Å². The summed E-state index contributed by atoms with van der Waals surface area (Å²) in [6.45, 7) is 9.97. The fraction of sp³-hybridized carbons (Fsp3) is 1.00. The summed E-state index contributed by atoms with van der Waals surface area (Å²) in [5, 5.41) is 9.69. The van der Waals surface area contributed by atoms with Gasteiger partial charge in [-0.2, -0.15) is 0 Å². The van der Waals surface area contributed by atoms with Gasteiger partial charge in [-0.3, -0.25) is 0 Å². The third-order valence-corrected chi connectivity index (χ3v) is 5.51. The van der Waals surface area contributed by atoms with Crippen molar-refractivity contribution in [3.63, 3.8) is 0 Å². The maximum absolute atomic E-state index is 9.69. The molecule has 3 N–H and O–H groups in total. The maximum Gasteiger partial charge on any atom is 0.0552 e. The first kappa shape index (κ1) is 15.3. The Hall–Kier alpha value is -0.120. The minimum absolute atomic E-state index is 0.159. The van der Waals surface area contributed by atoms with Gasteiger partial charge >= 0.3 is 0 Å². The molecule has 0 aromatic carbocycles. The molecule has 0 amide bonds. The Labute approximate surface area is 118 Å². The van der Waals surface area contributed by atoms with E-state index in [0.717, 1.165) is 37.9 Å². The molecule has 0 aromatic rings. The van der Waals surface area contributed by atoms with E-state index in [0.29, 0.717) is 17.9 Å². The van der Waals surface area contributed by atoms with Crippen molar-refractivity contribution in [3.8, 4) is 0 Å². The summed E-state index contributed by atoms with van der Waals surface area (Å²) in [4.78, 5) is 2.53. The molecule has 19 heavy (non-hydrogen) atoms. The number of likely N-dealkylation sites (tertiary alicyclic amines) is 1. The van der Waals surface area contributed by atoms with Gasteiger partial charge in [-0.1, -0.05) is 13.8 Å². The van der Waals surface area contributed by atoms with E-state index in [1.807, 2.05) is 6.92 Å². The van der Waals surface area contributed by atoms with Crippen LogP contribution in [0.1, 0.15) is 46.5 Å². The monoisotopic (exact) mass is 268 g/mol. The van der Waals surface area contributed by atoms with Gasteiger partial charge in [0.25, 0.3) is 0 Å². The molecule has 0 aromatic heterocycles. The molecule has 1 heterocycles. The number of rotatable bonds is 4. The largest absolute Gasteiger partial charge is 0.393 e. The highest BCUT2D eigenvalue weighted by Crippen LogP contribution is 2.34. The molecule has 2 aliphatic rings. The molecule has 0 spiro atoms. The highest BCUT2D eigenvalue weighted by molar-refractivity contribution is 4.88. The number of aliphatic hydroxyl groups excluding tert-OH is 1. The van der Waals surface area contributed by atoms with Crippen LogP contribution in [0.4, 0.5) is 0 Å². The first-order valence-corrected chi connectivity index (χ1v) is 8.13. The van der Waals surface area contributed by atoms with Crippen LogP contribution in [-0.2, 0) is 0 Å². The molecule has 0 bridgehead atoms. The van der Waals surface area contributed by atoms with Crippen molar-refractivity contribution in [2.24, 2.45) is 29.4 Å². The number of hydrogen-bond donors (Lipinski definition) is 2. The Morgan fingerprint density at radius 2 is 1.89 bits per heavy atom. The normalized spacial score (nSPS) is 38.8. The lowest BCUT2D eigenvalue weighted by Crippen LogP contribution is -2.43. The summed E-state index contributed by atoms with van der Waals surface area (Å²) in [6, 6.07) is 0.389. The quantitative estimate of drug-likeness (QED) is 0.821. The molecule has 0 radical (unpaired) electrons. The summed E-state index contributed by atoms with van der Waals surface area (Å²) in [5.41, 5.74) is 6.34. The summed E-state index contributed by atoms with van der Waals surface area (Å²) in [7, 11) is 0. The number of aliphatic hydroxyl groups is 1. The summed E-state index contributed by atoms with van der Waals surface area (Å²) in [5.74, 6) is 2.79. The molecule has 2 rings (SSSR count). The van der Waals surface area contributed by atoms with Crippen LogP contribution in [0.25, 0.3) is 0 Å². The van der Waals surface area contributed by atoms with E-state index in [1.165, 1.54) is 19.3 Å². The average Bonchev–Trinajstić information content (AvgIpc) is 2.80. The van der Waals surface area contributed by atoms with E-state index in [9.17, 15) is 5.11 Å². The van der Waals surface area contributed by atoms with Crippen molar-refractivity contribution < 1.29 is 5.11 Å². The molecule has 1 aliphatic carbocycles. The molecule has 3 nitrogen and oxygen atoms in total. The Kier molecular flexibility index (Phi) is 5.27. The van der Waals surface area contributed by atoms with Gasteiger partial charge in [0.15, 0.2) is 0 Å². The van der Waals surface area contributed by atoms with Gasteiger partial charge in [0, 0.05) is 19.1 Å². The second-order valence-electron chi connectivity index (χ2n) is 7.29. The zero-order chi connectivity index (χ0) is 14.0. The lowest BCUT2D eigenvalue weighted by atomic mass is 9.74. The van der Waals surface area contributed by atoms with Crippen molar-refractivity contribution >= 4 is 0 Å². The maximum atomic E-state index is 9.69. The second kappa shape index (κ2) is 6.55. The van der Waals surface area contributed by atoms with Crippen LogP contribution < -0.4 is 5.73 Å². The van der Waals surface area contributed by atoms with Gasteiger partial charge in [0.05, 0.1) is 6.10 Å². The van der Waals surface area contributed by atoms with Crippen molar-refractivity contribution in [1.82, 2.24) is 4.90 Å². The van der Waals surface area contributed by atoms with E-state index in [-0.39, 0.29) is 6.10 Å². The lowest BCUT2D eigenvalue weighted by Gasteiger charge is -2.38. The van der Waals surface area contributed by atoms with Gasteiger partial charge in [-0.15, -0.1) is 0 Å². The Morgan fingerprint density at radius 3 is 2.47 bits per heavy atom. The Bertz CT molecular complexity index is 280. The van der Waals surface area contributed by atoms with Crippen LogP contribution in [0, 0.1) is 23.7 Å². The minimum Gasteiger partial charge on any atom is -0.393 e. The highest BCUT2D eigenvalue weighted by Gasteiger charge is 2.33. The van der Waals surface area contributed by atoms with Crippen LogP contribution >= 0.6 is 0 Å². The van der Waals surface area contributed by atoms with Gasteiger partial charge in [0.1, 0.15) is 0 Å². The van der Waals surface area contributed by atoms with Crippen molar-refractivity contribution in [3.05, 3.63) is 0 Å². The van der Waals surface area contributed by atoms with Gasteiger partial charge < -0.3 is 15.7 Å². The van der Waals surface area contributed by atoms with Crippen molar-refractivity contribution in [2.45, 2.75) is 58.6 Å². The van der Waals surface area contributed by atoms with Crippen molar-refractivity contribution in [1.29, 1.82) is 0 Å². The summed E-state index contributed by atoms with van der Waals surface area (Å²) in [6.07, 6.45) is 4.79. The molecule has 2 fully saturated rings. The molecular formula is C16H32N2O. The highest BCUT2D eigenvalue weighted by atomic mass is 16.3. The molecule has 5 atom stereocenters. The third-order valence-electron chi connectivity index (χ3n) is 5.51. The van der Waals surface area contributed by atoms with E-state index < -0.39 is 0 Å². The zero-order valence-electron chi connectivity index (χ0n) is 12.9. The van der Waals surface area contributed by atoms with Crippen LogP contribution in [0.2, 0.25) is 0 Å². The topological polar surface area (TPSA) is 49.5 Å². The fourth-order valence-electron chi connectivity index (χ4n) is 3.89. The van der Waals surface area contributed by atoms with E-state index in [1.54, 1.807) is 0 Å². The molecule has 1 aliphatic heterocycles. The van der Waals surface area contributed by atoms with Crippen LogP contribution in [0.3, 0.4) is 0 Å². The lowest BCUT2D eigenvalue weighted by molar-refractivity contribution is 0.116.